The fourth-order valence-corrected chi connectivity index (χ4v) is 2.66. The van der Waals surface area contributed by atoms with Gasteiger partial charge in [-0.2, -0.15) is 0 Å². The van der Waals surface area contributed by atoms with E-state index < -0.39 is 5.97 Å². The van der Waals surface area contributed by atoms with Crippen molar-refractivity contribution in [3.63, 3.8) is 0 Å². The zero-order valence-electron chi connectivity index (χ0n) is 11.8. The van der Waals surface area contributed by atoms with E-state index in [-0.39, 0.29) is 12.3 Å². The van der Waals surface area contributed by atoms with Crippen LogP contribution < -0.4 is 5.32 Å². The molecule has 0 saturated heterocycles. The molecule has 2 N–H and O–H groups in total. The first-order chi connectivity index (χ1) is 10.1. The lowest BCUT2D eigenvalue weighted by Crippen LogP contribution is -2.24. The number of rotatable bonds is 10. The molecule has 1 rings (SSSR count). The number of carboxylic acid groups (broad SMARTS) is 1. The molecule has 116 valence electrons. The number of thioether (sulfide) groups is 1. The molecule has 0 radical (unpaired) electrons. The number of unbranched alkanes of at least 4 members (excludes halogenated alkanes) is 2. The van der Waals surface area contributed by atoms with Crippen molar-refractivity contribution in [2.24, 2.45) is 0 Å². The number of benzene rings is 1. The smallest absolute Gasteiger partial charge is 0.303 e. The Labute approximate surface area is 134 Å². The maximum absolute atomic E-state index is 11.6. The van der Waals surface area contributed by atoms with E-state index in [4.69, 9.17) is 16.7 Å². The fraction of sp³-hybridized carbons (Fsp3) is 0.467. The summed E-state index contributed by atoms with van der Waals surface area (Å²) in [6.07, 6.45) is 2.99. The van der Waals surface area contributed by atoms with Gasteiger partial charge in [0.1, 0.15) is 0 Å². The molecule has 1 aromatic rings. The number of hydrogen-bond acceptors (Lipinski definition) is 3. The largest absolute Gasteiger partial charge is 0.481 e. The van der Waals surface area contributed by atoms with Crippen LogP contribution in [0.25, 0.3) is 0 Å². The lowest BCUT2D eigenvalue weighted by atomic mass is 10.2. The number of hydrogen-bond donors (Lipinski definition) is 2. The molecule has 0 atom stereocenters. The molecule has 0 heterocycles. The molecular weight excluding hydrogens is 310 g/mol. The Morgan fingerprint density at radius 1 is 1.10 bits per heavy atom. The van der Waals surface area contributed by atoms with Gasteiger partial charge in [0.2, 0.25) is 5.91 Å². The molecule has 1 aromatic carbocycles. The van der Waals surface area contributed by atoms with Gasteiger partial charge in [-0.05, 0) is 37.1 Å². The van der Waals surface area contributed by atoms with E-state index >= 15 is 0 Å². The average Bonchev–Trinajstić information content (AvgIpc) is 2.44. The van der Waals surface area contributed by atoms with Crippen LogP contribution in [-0.4, -0.2) is 29.3 Å². The highest BCUT2D eigenvalue weighted by Gasteiger charge is 2.02. The molecule has 4 nitrogen and oxygen atoms in total. The fourth-order valence-electron chi connectivity index (χ4n) is 1.69. The summed E-state index contributed by atoms with van der Waals surface area (Å²) < 4.78 is 0. The van der Waals surface area contributed by atoms with E-state index in [0.29, 0.717) is 24.4 Å². The van der Waals surface area contributed by atoms with Crippen molar-refractivity contribution in [2.75, 3.05) is 12.3 Å². The maximum Gasteiger partial charge on any atom is 0.303 e. The summed E-state index contributed by atoms with van der Waals surface area (Å²) in [5, 5.41) is 12.0. The molecule has 6 heteroatoms. The Hall–Kier alpha value is -1.20. The number of halogens is 1. The predicted octanol–water partition coefficient (Wildman–Crippen LogP) is 3.58. The topological polar surface area (TPSA) is 66.4 Å². The first-order valence-corrected chi connectivity index (χ1v) is 8.31. The highest BCUT2D eigenvalue weighted by molar-refractivity contribution is 7.99. The van der Waals surface area contributed by atoms with Gasteiger partial charge in [0, 0.05) is 35.1 Å². The van der Waals surface area contributed by atoms with Crippen LogP contribution >= 0.6 is 23.4 Å². The monoisotopic (exact) mass is 329 g/mol. The Balaban J connectivity index is 2.01. The number of carbonyl (C=O) groups is 2. The number of amides is 1. The maximum atomic E-state index is 11.6. The Morgan fingerprint density at radius 2 is 1.81 bits per heavy atom. The summed E-state index contributed by atoms with van der Waals surface area (Å²) >= 11 is 7.42. The number of aliphatic carboxylic acids is 1. The van der Waals surface area contributed by atoms with Crippen molar-refractivity contribution in [3.8, 4) is 0 Å². The van der Waals surface area contributed by atoms with Gasteiger partial charge in [-0.3, -0.25) is 9.59 Å². The first-order valence-electron chi connectivity index (χ1n) is 6.95. The molecule has 0 bridgehead atoms. The molecule has 0 unspecified atom stereocenters. The van der Waals surface area contributed by atoms with Crippen molar-refractivity contribution in [1.29, 1.82) is 0 Å². The van der Waals surface area contributed by atoms with Crippen LogP contribution in [0.5, 0.6) is 0 Å². The zero-order valence-corrected chi connectivity index (χ0v) is 13.4. The second-order valence-electron chi connectivity index (χ2n) is 4.61. The third-order valence-electron chi connectivity index (χ3n) is 2.80. The van der Waals surface area contributed by atoms with Gasteiger partial charge >= 0.3 is 5.97 Å². The van der Waals surface area contributed by atoms with Crippen LogP contribution in [0, 0.1) is 0 Å². The van der Waals surface area contributed by atoms with E-state index in [1.54, 1.807) is 11.8 Å². The lowest BCUT2D eigenvalue weighted by Gasteiger charge is -2.05. The minimum absolute atomic E-state index is 0.0368. The highest BCUT2D eigenvalue weighted by Crippen LogP contribution is 2.20. The number of carboxylic acids is 1. The predicted molar refractivity (Wildman–Crippen MR) is 85.9 cm³/mol. The Morgan fingerprint density at radius 3 is 2.48 bits per heavy atom. The lowest BCUT2D eigenvalue weighted by molar-refractivity contribution is -0.137. The van der Waals surface area contributed by atoms with Crippen molar-refractivity contribution >= 4 is 35.2 Å². The summed E-state index contributed by atoms with van der Waals surface area (Å²) in [5.74, 6) is -0.0000919. The third kappa shape index (κ3) is 9.37. The van der Waals surface area contributed by atoms with Crippen LogP contribution in [0.2, 0.25) is 5.02 Å². The van der Waals surface area contributed by atoms with Gasteiger partial charge in [0.25, 0.3) is 0 Å². The molecule has 0 aliphatic rings. The van der Waals surface area contributed by atoms with Gasteiger partial charge in [0.05, 0.1) is 0 Å². The molecule has 21 heavy (non-hydrogen) atoms. The molecule has 0 aliphatic carbocycles. The minimum atomic E-state index is -0.766. The second kappa shape index (κ2) is 10.5. The molecule has 0 fully saturated rings. The molecule has 0 saturated carbocycles. The zero-order chi connectivity index (χ0) is 15.5. The summed E-state index contributed by atoms with van der Waals surface area (Å²) in [7, 11) is 0. The average molecular weight is 330 g/mol. The van der Waals surface area contributed by atoms with Crippen molar-refractivity contribution in [3.05, 3.63) is 29.3 Å². The molecule has 0 aliphatic heterocycles. The number of carbonyl (C=O) groups excluding carboxylic acids is 1. The molecule has 1 amide bonds. The van der Waals surface area contributed by atoms with Gasteiger partial charge in [-0.1, -0.05) is 18.0 Å². The van der Waals surface area contributed by atoms with E-state index in [2.05, 4.69) is 5.32 Å². The first kappa shape index (κ1) is 17.9. The third-order valence-corrected chi connectivity index (χ3v) is 4.07. The van der Waals surface area contributed by atoms with E-state index in [1.807, 2.05) is 24.3 Å². The minimum Gasteiger partial charge on any atom is -0.481 e. The molecular formula is C15H20ClNO3S. The molecule has 0 spiro atoms. The normalized spacial score (nSPS) is 10.3. The summed E-state index contributed by atoms with van der Waals surface area (Å²) in [6, 6.07) is 7.54. The van der Waals surface area contributed by atoms with Gasteiger partial charge < -0.3 is 10.4 Å². The van der Waals surface area contributed by atoms with Crippen molar-refractivity contribution in [1.82, 2.24) is 5.32 Å². The van der Waals surface area contributed by atoms with Crippen LogP contribution in [0.3, 0.4) is 0 Å². The van der Waals surface area contributed by atoms with E-state index in [0.717, 1.165) is 23.5 Å². The second-order valence-corrected chi connectivity index (χ2v) is 6.21. The van der Waals surface area contributed by atoms with Gasteiger partial charge in [-0.15, -0.1) is 11.8 Å². The van der Waals surface area contributed by atoms with E-state index in [9.17, 15) is 9.59 Å². The standard InChI is InChI=1S/C15H20ClNO3S/c16-12-5-7-13(8-6-12)21-11-9-14(18)17-10-3-1-2-4-15(19)20/h5-8H,1-4,9-11H2,(H,17,18)(H,19,20). The highest BCUT2D eigenvalue weighted by atomic mass is 35.5. The summed E-state index contributed by atoms with van der Waals surface area (Å²) in [4.78, 5) is 23.0. The Kier molecular flexibility index (Phi) is 8.94. The summed E-state index contributed by atoms with van der Waals surface area (Å²) in [5.41, 5.74) is 0. The van der Waals surface area contributed by atoms with Crippen LogP contribution in [0.1, 0.15) is 32.1 Å². The quantitative estimate of drug-likeness (QED) is 0.508. The van der Waals surface area contributed by atoms with E-state index in [1.165, 1.54) is 0 Å². The van der Waals surface area contributed by atoms with Crippen LogP contribution in [0.15, 0.2) is 29.2 Å². The van der Waals surface area contributed by atoms with Crippen molar-refractivity contribution < 1.29 is 14.7 Å². The Bertz CT molecular complexity index is 451. The summed E-state index contributed by atoms with van der Waals surface area (Å²) in [6.45, 7) is 0.615. The van der Waals surface area contributed by atoms with Crippen LogP contribution in [0.4, 0.5) is 0 Å². The number of nitrogens with one attached hydrogen (secondary N) is 1. The van der Waals surface area contributed by atoms with Crippen molar-refractivity contribution in [2.45, 2.75) is 37.0 Å². The van der Waals surface area contributed by atoms with Crippen LogP contribution in [-0.2, 0) is 9.59 Å². The van der Waals surface area contributed by atoms with Gasteiger partial charge in [-0.25, -0.2) is 0 Å². The SMILES string of the molecule is O=C(O)CCCCCNC(=O)CCSc1ccc(Cl)cc1. The molecule has 0 aromatic heterocycles. The van der Waals surface area contributed by atoms with Gasteiger partial charge in [0.15, 0.2) is 0 Å².